The highest BCUT2D eigenvalue weighted by molar-refractivity contribution is 7.19. The van der Waals surface area contributed by atoms with Crippen molar-refractivity contribution in [2.45, 2.75) is 0 Å². The third-order valence-corrected chi connectivity index (χ3v) is 12.6. The summed E-state index contributed by atoms with van der Waals surface area (Å²) in [4.78, 5) is 4.96. The quantitative estimate of drug-likeness (QED) is 0.399. The molecule has 3 unspecified atom stereocenters. The smallest absolute Gasteiger partial charge is 0.179 e. The third-order valence-electron chi connectivity index (χ3n) is 7.57. The standard InChI is InChI=1S/C31H23NSi/c1-3-14-24-22(10-1)12-7-18-27(24)33(28-19-8-13-23-11-2-4-15-25(23)28)29-17-6-5-16-26(29)31-30(33)20-9-21-32-31/h1-22,24H. The van der Waals surface area contributed by atoms with Crippen molar-refractivity contribution in [1.82, 2.24) is 4.98 Å². The van der Waals surface area contributed by atoms with Crippen molar-refractivity contribution in [2.75, 3.05) is 0 Å². The molecule has 0 fully saturated rings. The largest absolute Gasteiger partial charge is 0.256 e. The van der Waals surface area contributed by atoms with Crippen molar-refractivity contribution in [3.05, 3.63) is 133 Å². The molecule has 0 saturated carbocycles. The Morgan fingerprint density at radius 3 is 2.39 bits per heavy atom. The molecule has 0 bridgehead atoms. The Morgan fingerprint density at radius 1 is 0.636 bits per heavy atom. The minimum atomic E-state index is -2.56. The molecule has 4 aromatic rings. The van der Waals surface area contributed by atoms with Crippen LogP contribution < -0.4 is 15.6 Å². The van der Waals surface area contributed by atoms with Gasteiger partial charge in [0.05, 0.1) is 5.69 Å². The lowest BCUT2D eigenvalue weighted by molar-refractivity contribution is 0.645. The lowest BCUT2D eigenvalue weighted by Crippen LogP contribution is -2.68. The van der Waals surface area contributed by atoms with Crippen molar-refractivity contribution in [2.24, 2.45) is 11.8 Å². The molecule has 0 radical (unpaired) electrons. The molecule has 3 aromatic carbocycles. The fourth-order valence-electron chi connectivity index (χ4n) is 6.29. The molecule has 0 N–H and O–H groups in total. The van der Waals surface area contributed by atoms with Crippen LogP contribution in [0.15, 0.2) is 133 Å². The van der Waals surface area contributed by atoms with Gasteiger partial charge in [-0.15, -0.1) is 0 Å². The lowest BCUT2D eigenvalue weighted by Gasteiger charge is -2.40. The van der Waals surface area contributed by atoms with E-state index in [0.717, 1.165) is 5.69 Å². The summed E-state index contributed by atoms with van der Waals surface area (Å²) in [6.07, 6.45) is 18.2. The second kappa shape index (κ2) is 7.13. The van der Waals surface area contributed by atoms with Crippen molar-refractivity contribution in [3.63, 3.8) is 0 Å². The van der Waals surface area contributed by atoms with Crippen LogP contribution in [0.25, 0.3) is 22.0 Å². The first-order valence-corrected chi connectivity index (χ1v) is 13.7. The second-order valence-electron chi connectivity index (χ2n) is 9.10. The molecule has 156 valence electrons. The number of allylic oxidation sites excluding steroid dienone is 8. The number of benzene rings is 3. The Kier molecular flexibility index (Phi) is 4.06. The molecule has 2 heteroatoms. The zero-order valence-corrected chi connectivity index (χ0v) is 19.2. The number of nitrogens with zero attached hydrogens (tertiary/aromatic N) is 1. The number of pyridine rings is 1. The van der Waals surface area contributed by atoms with Crippen LogP contribution in [0.2, 0.25) is 0 Å². The van der Waals surface area contributed by atoms with Crippen molar-refractivity contribution < 1.29 is 0 Å². The van der Waals surface area contributed by atoms with Crippen molar-refractivity contribution >= 4 is 34.4 Å². The van der Waals surface area contributed by atoms with E-state index in [0.29, 0.717) is 11.8 Å². The summed E-state index contributed by atoms with van der Waals surface area (Å²) in [5.74, 6) is 0.770. The monoisotopic (exact) mass is 437 g/mol. The Hall–Kier alpha value is -3.75. The Balaban J connectivity index is 1.67. The average Bonchev–Trinajstić information content (AvgIpc) is 3.19. The highest BCUT2D eigenvalue weighted by atomic mass is 28.3. The van der Waals surface area contributed by atoms with E-state index in [9.17, 15) is 0 Å². The molecule has 0 amide bonds. The van der Waals surface area contributed by atoms with E-state index >= 15 is 0 Å². The van der Waals surface area contributed by atoms with Crippen LogP contribution in [0.1, 0.15) is 0 Å². The summed E-state index contributed by atoms with van der Waals surface area (Å²) < 4.78 is 0. The molecule has 2 heterocycles. The molecule has 0 saturated heterocycles. The molecule has 3 atom stereocenters. The maximum Gasteiger partial charge on any atom is 0.179 e. The van der Waals surface area contributed by atoms with E-state index in [1.807, 2.05) is 6.20 Å². The predicted octanol–water partition coefficient (Wildman–Crippen LogP) is 5.08. The predicted molar refractivity (Wildman–Crippen MR) is 141 cm³/mol. The maximum atomic E-state index is 4.96. The molecule has 1 aliphatic heterocycles. The summed E-state index contributed by atoms with van der Waals surface area (Å²) in [5.41, 5.74) is 2.46. The maximum absolute atomic E-state index is 4.96. The Bertz CT molecular complexity index is 1490. The van der Waals surface area contributed by atoms with E-state index in [1.165, 1.54) is 31.9 Å². The summed E-state index contributed by atoms with van der Waals surface area (Å²) in [6.45, 7) is 0. The first-order chi connectivity index (χ1) is 16.4. The van der Waals surface area contributed by atoms with Crippen LogP contribution in [0.5, 0.6) is 0 Å². The molecular formula is C31H23NSi. The van der Waals surface area contributed by atoms with Crippen molar-refractivity contribution in [3.8, 4) is 11.3 Å². The normalized spacial score (nSPS) is 24.3. The topological polar surface area (TPSA) is 12.9 Å². The first kappa shape index (κ1) is 18.8. The van der Waals surface area contributed by atoms with Crippen LogP contribution in [0.3, 0.4) is 0 Å². The van der Waals surface area contributed by atoms with Crippen molar-refractivity contribution in [1.29, 1.82) is 0 Å². The van der Waals surface area contributed by atoms with E-state index in [1.54, 1.807) is 5.20 Å². The van der Waals surface area contributed by atoms with Gasteiger partial charge in [-0.05, 0) is 32.4 Å². The van der Waals surface area contributed by atoms with E-state index in [-0.39, 0.29) is 0 Å². The molecule has 7 rings (SSSR count). The SMILES string of the molecule is C1=CC2C=CC=C([Si]3(c4cccc5ccccc45)c4ccccc4-c4ncccc43)C2C=C1. The molecule has 2 aliphatic carbocycles. The van der Waals surface area contributed by atoms with Crippen LogP contribution >= 0.6 is 0 Å². The molecular weight excluding hydrogens is 414 g/mol. The number of aromatic nitrogens is 1. The van der Waals surface area contributed by atoms with Crippen LogP contribution in [0.4, 0.5) is 0 Å². The minimum Gasteiger partial charge on any atom is -0.256 e. The Labute approximate surface area is 195 Å². The van der Waals surface area contributed by atoms with E-state index < -0.39 is 8.07 Å². The van der Waals surface area contributed by atoms with Gasteiger partial charge in [-0.3, -0.25) is 4.98 Å². The van der Waals surface area contributed by atoms with Gasteiger partial charge < -0.3 is 0 Å². The number of hydrogen-bond donors (Lipinski definition) is 0. The van der Waals surface area contributed by atoms with E-state index in [2.05, 4.69) is 121 Å². The molecule has 1 nitrogen and oxygen atoms in total. The fourth-order valence-corrected chi connectivity index (χ4v) is 12.1. The van der Waals surface area contributed by atoms with Gasteiger partial charge in [0.15, 0.2) is 8.07 Å². The molecule has 1 aromatic heterocycles. The second-order valence-corrected chi connectivity index (χ2v) is 12.8. The van der Waals surface area contributed by atoms with Gasteiger partial charge in [-0.1, -0.05) is 121 Å². The highest BCUT2D eigenvalue weighted by Gasteiger charge is 2.53. The van der Waals surface area contributed by atoms with Crippen LogP contribution in [0, 0.1) is 11.8 Å². The number of rotatable bonds is 2. The lowest BCUT2D eigenvalue weighted by atomic mass is 9.85. The van der Waals surface area contributed by atoms with Gasteiger partial charge in [0.25, 0.3) is 0 Å². The Morgan fingerprint density at radius 2 is 1.39 bits per heavy atom. The van der Waals surface area contributed by atoms with Gasteiger partial charge in [-0.2, -0.15) is 0 Å². The molecule has 3 aliphatic rings. The van der Waals surface area contributed by atoms with Crippen LogP contribution in [-0.2, 0) is 0 Å². The van der Waals surface area contributed by atoms with Gasteiger partial charge in [0.2, 0.25) is 0 Å². The van der Waals surface area contributed by atoms with E-state index in [4.69, 9.17) is 4.98 Å². The molecule has 0 spiro atoms. The zero-order valence-electron chi connectivity index (χ0n) is 18.2. The summed E-state index contributed by atoms with van der Waals surface area (Å²) >= 11 is 0. The van der Waals surface area contributed by atoms with Crippen LogP contribution in [-0.4, -0.2) is 13.1 Å². The fraction of sp³-hybridized carbons (Fsp3) is 0.0645. The van der Waals surface area contributed by atoms with Gasteiger partial charge >= 0.3 is 0 Å². The number of hydrogen-bond acceptors (Lipinski definition) is 1. The summed E-state index contributed by atoms with van der Waals surface area (Å²) in [5, 5.41) is 8.60. The third kappa shape index (κ3) is 2.50. The summed E-state index contributed by atoms with van der Waals surface area (Å²) in [7, 11) is -2.56. The minimum absolute atomic E-state index is 0.366. The van der Waals surface area contributed by atoms with Gasteiger partial charge in [0.1, 0.15) is 0 Å². The zero-order chi connectivity index (χ0) is 21.8. The molecule has 33 heavy (non-hydrogen) atoms. The first-order valence-electron chi connectivity index (χ1n) is 11.7. The summed E-state index contributed by atoms with van der Waals surface area (Å²) in [6, 6.07) is 29.3. The highest BCUT2D eigenvalue weighted by Crippen LogP contribution is 2.41. The van der Waals surface area contributed by atoms with Gasteiger partial charge in [-0.25, -0.2) is 0 Å². The average molecular weight is 438 g/mol. The number of fused-ring (bicyclic) bond motifs is 5. The van der Waals surface area contributed by atoms with Gasteiger partial charge in [0, 0.05) is 23.6 Å².